The smallest absolute Gasteiger partial charge is 0.0553 e. The van der Waals surface area contributed by atoms with Crippen LogP contribution in [0.1, 0.15) is 16.7 Å². The van der Waals surface area contributed by atoms with Gasteiger partial charge in [-0.15, -0.1) is 0 Å². The Labute approximate surface area is 124 Å². The molecule has 0 aliphatic rings. The lowest BCUT2D eigenvalue weighted by atomic mass is 9.75. The summed E-state index contributed by atoms with van der Waals surface area (Å²) in [6.07, 6.45) is 0.547. The van der Waals surface area contributed by atoms with Crippen molar-refractivity contribution in [3.05, 3.63) is 70.2 Å². The number of rotatable bonds is 5. The lowest BCUT2D eigenvalue weighted by molar-refractivity contribution is 0.116. The van der Waals surface area contributed by atoms with Crippen LogP contribution >= 0.6 is 11.6 Å². The molecule has 0 spiro atoms. The molecule has 106 valence electrons. The van der Waals surface area contributed by atoms with Crippen molar-refractivity contribution in [2.75, 3.05) is 13.2 Å². The Kier molecular flexibility index (Phi) is 4.81. The van der Waals surface area contributed by atoms with E-state index in [0.29, 0.717) is 11.4 Å². The Balaban J connectivity index is 2.42. The van der Waals surface area contributed by atoms with Crippen LogP contribution < -0.4 is 0 Å². The summed E-state index contributed by atoms with van der Waals surface area (Å²) in [6.45, 7) is 1.77. The van der Waals surface area contributed by atoms with Gasteiger partial charge in [0.25, 0.3) is 0 Å². The van der Waals surface area contributed by atoms with Crippen LogP contribution in [-0.2, 0) is 11.8 Å². The third-order valence-electron chi connectivity index (χ3n) is 3.75. The summed E-state index contributed by atoms with van der Waals surface area (Å²) in [4.78, 5) is 0. The van der Waals surface area contributed by atoms with Crippen molar-refractivity contribution in [2.24, 2.45) is 0 Å². The molecule has 0 amide bonds. The average molecular weight is 291 g/mol. The summed E-state index contributed by atoms with van der Waals surface area (Å²) in [6, 6.07) is 15.4. The zero-order chi connectivity index (χ0) is 14.6. The zero-order valence-electron chi connectivity index (χ0n) is 11.5. The monoisotopic (exact) mass is 290 g/mol. The van der Waals surface area contributed by atoms with Crippen LogP contribution in [0.4, 0.5) is 0 Å². The summed E-state index contributed by atoms with van der Waals surface area (Å²) in [7, 11) is 0. The highest BCUT2D eigenvalue weighted by Gasteiger charge is 2.32. The number of benzene rings is 2. The van der Waals surface area contributed by atoms with E-state index in [1.807, 2.05) is 55.5 Å². The first-order valence-corrected chi connectivity index (χ1v) is 7.01. The predicted molar refractivity (Wildman–Crippen MR) is 82.2 cm³/mol. The second-order valence-electron chi connectivity index (χ2n) is 5.22. The van der Waals surface area contributed by atoms with E-state index in [1.165, 1.54) is 0 Å². The van der Waals surface area contributed by atoms with Crippen LogP contribution in [0.15, 0.2) is 48.5 Å². The third kappa shape index (κ3) is 3.04. The SMILES string of the molecule is Cc1ccccc1C(CO)(CO)Cc1cccc(Cl)c1. The molecule has 0 aromatic heterocycles. The van der Waals surface area contributed by atoms with E-state index in [4.69, 9.17) is 11.6 Å². The molecule has 0 radical (unpaired) electrons. The summed E-state index contributed by atoms with van der Waals surface area (Å²) in [5.74, 6) is 0. The fourth-order valence-corrected chi connectivity index (χ4v) is 2.85. The Morgan fingerprint density at radius 2 is 1.70 bits per heavy atom. The minimum absolute atomic E-state index is 0.110. The third-order valence-corrected chi connectivity index (χ3v) is 3.99. The fourth-order valence-electron chi connectivity index (χ4n) is 2.63. The fraction of sp³-hybridized carbons (Fsp3) is 0.294. The number of aliphatic hydroxyl groups excluding tert-OH is 2. The van der Waals surface area contributed by atoms with Crippen molar-refractivity contribution >= 4 is 11.6 Å². The van der Waals surface area contributed by atoms with Crippen molar-refractivity contribution in [1.82, 2.24) is 0 Å². The van der Waals surface area contributed by atoms with Gasteiger partial charge in [0.15, 0.2) is 0 Å². The van der Waals surface area contributed by atoms with Gasteiger partial charge in [-0.05, 0) is 42.2 Å². The van der Waals surface area contributed by atoms with Crippen LogP contribution in [0.3, 0.4) is 0 Å². The highest BCUT2D eigenvalue weighted by Crippen LogP contribution is 2.31. The molecule has 2 aromatic rings. The standard InChI is InChI=1S/C17H19ClO2/c1-13-5-2-3-8-16(13)17(11-19,12-20)10-14-6-4-7-15(18)9-14/h2-9,19-20H,10-12H2,1H3. The minimum Gasteiger partial charge on any atom is -0.395 e. The van der Waals surface area contributed by atoms with Crippen molar-refractivity contribution < 1.29 is 10.2 Å². The molecule has 0 heterocycles. The van der Waals surface area contributed by atoms with Gasteiger partial charge in [0.2, 0.25) is 0 Å². The molecule has 20 heavy (non-hydrogen) atoms. The van der Waals surface area contributed by atoms with E-state index < -0.39 is 5.41 Å². The number of hydrogen-bond donors (Lipinski definition) is 2. The predicted octanol–water partition coefficient (Wildman–Crippen LogP) is 3.11. The van der Waals surface area contributed by atoms with Crippen molar-refractivity contribution in [1.29, 1.82) is 0 Å². The van der Waals surface area contributed by atoms with Gasteiger partial charge in [-0.25, -0.2) is 0 Å². The largest absolute Gasteiger partial charge is 0.395 e. The van der Waals surface area contributed by atoms with E-state index in [2.05, 4.69) is 0 Å². The average Bonchev–Trinajstić information content (AvgIpc) is 2.46. The van der Waals surface area contributed by atoms with E-state index in [1.54, 1.807) is 0 Å². The number of halogens is 1. The molecule has 0 saturated heterocycles. The second kappa shape index (κ2) is 6.40. The maximum atomic E-state index is 9.89. The van der Waals surface area contributed by atoms with Gasteiger partial charge >= 0.3 is 0 Å². The van der Waals surface area contributed by atoms with E-state index in [-0.39, 0.29) is 13.2 Å². The molecule has 2 N–H and O–H groups in total. The molecule has 2 rings (SSSR count). The minimum atomic E-state index is -0.684. The first kappa shape index (κ1) is 15.0. The Hall–Kier alpha value is -1.35. The molecule has 3 heteroatoms. The maximum Gasteiger partial charge on any atom is 0.0553 e. The van der Waals surface area contributed by atoms with Gasteiger partial charge in [-0.3, -0.25) is 0 Å². The van der Waals surface area contributed by atoms with Crippen LogP contribution in [-0.4, -0.2) is 23.4 Å². The molecule has 0 unspecified atom stereocenters. The van der Waals surface area contributed by atoms with Crippen molar-refractivity contribution in [3.63, 3.8) is 0 Å². The molecule has 2 nitrogen and oxygen atoms in total. The second-order valence-corrected chi connectivity index (χ2v) is 5.65. The number of hydrogen-bond acceptors (Lipinski definition) is 2. The quantitative estimate of drug-likeness (QED) is 0.888. The first-order valence-electron chi connectivity index (χ1n) is 6.63. The van der Waals surface area contributed by atoms with Crippen molar-refractivity contribution in [2.45, 2.75) is 18.8 Å². The summed E-state index contributed by atoms with van der Waals surface area (Å²) >= 11 is 6.01. The summed E-state index contributed by atoms with van der Waals surface area (Å²) in [5.41, 5.74) is 2.36. The normalized spacial score (nSPS) is 11.6. The Morgan fingerprint density at radius 3 is 2.30 bits per heavy atom. The van der Waals surface area contributed by atoms with Gasteiger partial charge in [0, 0.05) is 10.4 Å². The highest BCUT2D eigenvalue weighted by molar-refractivity contribution is 6.30. The maximum absolute atomic E-state index is 9.89. The van der Waals surface area contributed by atoms with Crippen LogP contribution in [0.25, 0.3) is 0 Å². The van der Waals surface area contributed by atoms with E-state index in [0.717, 1.165) is 16.7 Å². The van der Waals surface area contributed by atoms with Gasteiger partial charge < -0.3 is 10.2 Å². The first-order chi connectivity index (χ1) is 9.61. The Morgan fingerprint density at radius 1 is 1.00 bits per heavy atom. The molecule has 0 saturated carbocycles. The highest BCUT2D eigenvalue weighted by atomic mass is 35.5. The molecule has 0 aliphatic carbocycles. The van der Waals surface area contributed by atoms with Gasteiger partial charge in [0.1, 0.15) is 0 Å². The topological polar surface area (TPSA) is 40.5 Å². The lowest BCUT2D eigenvalue weighted by Gasteiger charge is -2.32. The number of aliphatic hydroxyl groups is 2. The number of aryl methyl sites for hydroxylation is 1. The van der Waals surface area contributed by atoms with Gasteiger partial charge in [0.05, 0.1) is 13.2 Å². The van der Waals surface area contributed by atoms with Gasteiger partial charge in [-0.1, -0.05) is 48.0 Å². The zero-order valence-corrected chi connectivity index (χ0v) is 12.3. The van der Waals surface area contributed by atoms with E-state index >= 15 is 0 Å². The van der Waals surface area contributed by atoms with Crippen LogP contribution in [0.5, 0.6) is 0 Å². The molecular formula is C17H19ClO2. The van der Waals surface area contributed by atoms with Crippen molar-refractivity contribution in [3.8, 4) is 0 Å². The van der Waals surface area contributed by atoms with Crippen LogP contribution in [0.2, 0.25) is 5.02 Å². The molecule has 0 aliphatic heterocycles. The Bertz CT molecular complexity index is 577. The molecular weight excluding hydrogens is 272 g/mol. The van der Waals surface area contributed by atoms with E-state index in [9.17, 15) is 10.2 Å². The lowest BCUT2D eigenvalue weighted by Crippen LogP contribution is -2.38. The van der Waals surface area contributed by atoms with Gasteiger partial charge in [-0.2, -0.15) is 0 Å². The molecule has 0 fully saturated rings. The summed E-state index contributed by atoms with van der Waals surface area (Å²) in [5, 5.41) is 20.4. The molecule has 0 bridgehead atoms. The summed E-state index contributed by atoms with van der Waals surface area (Å²) < 4.78 is 0. The van der Waals surface area contributed by atoms with Crippen LogP contribution in [0, 0.1) is 6.92 Å². The molecule has 2 aromatic carbocycles. The molecule has 0 atom stereocenters.